The van der Waals surface area contributed by atoms with Crippen molar-refractivity contribution in [1.29, 1.82) is 0 Å². The molecule has 3 heteroatoms. The van der Waals surface area contributed by atoms with E-state index in [0.29, 0.717) is 5.82 Å². The van der Waals surface area contributed by atoms with E-state index in [2.05, 4.69) is 11.1 Å². The van der Waals surface area contributed by atoms with Crippen LogP contribution in [0.4, 0.5) is 5.82 Å². The van der Waals surface area contributed by atoms with Crippen LogP contribution < -0.4 is 5.73 Å². The zero-order chi connectivity index (χ0) is 10.5. The third kappa shape index (κ3) is 3.42. The first-order valence-electron chi connectivity index (χ1n) is 5.64. The number of thioether (sulfide) groups is 1. The van der Waals surface area contributed by atoms with Gasteiger partial charge in [0.1, 0.15) is 5.82 Å². The van der Waals surface area contributed by atoms with E-state index >= 15 is 0 Å². The molecule has 1 aromatic heterocycles. The van der Waals surface area contributed by atoms with E-state index in [9.17, 15) is 0 Å². The monoisotopic (exact) mass is 222 g/mol. The zero-order valence-electron chi connectivity index (χ0n) is 8.98. The molecule has 0 radical (unpaired) electrons. The van der Waals surface area contributed by atoms with Gasteiger partial charge in [-0.05, 0) is 36.6 Å². The van der Waals surface area contributed by atoms with Crippen LogP contribution in [0.25, 0.3) is 0 Å². The molecule has 15 heavy (non-hydrogen) atoms. The number of nitrogens with zero attached hydrogens (tertiary/aromatic N) is 1. The van der Waals surface area contributed by atoms with Crippen LogP contribution in [-0.4, -0.2) is 10.7 Å². The molecule has 0 unspecified atom stereocenters. The number of aromatic nitrogens is 1. The molecule has 82 valence electrons. The van der Waals surface area contributed by atoms with Gasteiger partial charge in [0.15, 0.2) is 0 Å². The molecule has 0 saturated heterocycles. The van der Waals surface area contributed by atoms with Crippen LogP contribution in [0.1, 0.15) is 31.4 Å². The molecule has 1 aliphatic rings. The first-order chi connectivity index (χ1) is 7.34. The summed E-state index contributed by atoms with van der Waals surface area (Å²) in [6.45, 7) is 0. The first kappa shape index (κ1) is 10.8. The smallest absolute Gasteiger partial charge is 0.123 e. The average Bonchev–Trinajstić information content (AvgIpc) is 2.71. The Morgan fingerprint density at radius 1 is 1.33 bits per heavy atom. The summed E-state index contributed by atoms with van der Waals surface area (Å²) in [5.41, 5.74) is 6.74. The second-order valence-electron chi connectivity index (χ2n) is 4.22. The molecule has 0 spiro atoms. The molecular weight excluding hydrogens is 204 g/mol. The lowest BCUT2D eigenvalue weighted by molar-refractivity contribution is 0.623. The van der Waals surface area contributed by atoms with Crippen LogP contribution in [0.2, 0.25) is 0 Å². The maximum absolute atomic E-state index is 5.63. The van der Waals surface area contributed by atoms with Crippen LogP contribution in [-0.2, 0) is 5.75 Å². The molecule has 0 atom stereocenters. The summed E-state index contributed by atoms with van der Waals surface area (Å²) in [7, 11) is 0. The number of nitrogens with two attached hydrogens (primary N) is 1. The quantitative estimate of drug-likeness (QED) is 0.851. The predicted molar refractivity (Wildman–Crippen MR) is 66.8 cm³/mol. The number of nitrogen functional groups attached to an aromatic ring is 1. The largest absolute Gasteiger partial charge is 0.384 e. The minimum Gasteiger partial charge on any atom is -0.384 e. The Labute approximate surface area is 95.7 Å². The number of anilines is 1. The molecule has 1 aliphatic carbocycles. The fourth-order valence-corrected chi connectivity index (χ4v) is 3.24. The van der Waals surface area contributed by atoms with E-state index < -0.39 is 0 Å². The molecule has 1 saturated carbocycles. The minimum absolute atomic E-state index is 0.633. The average molecular weight is 222 g/mol. The second-order valence-corrected chi connectivity index (χ2v) is 5.25. The van der Waals surface area contributed by atoms with Crippen LogP contribution in [0.15, 0.2) is 18.2 Å². The van der Waals surface area contributed by atoms with Gasteiger partial charge in [-0.2, -0.15) is 11.8 Å². The van der Waals surface area contributed by atoms with Gasteiger partial charge in [-0.1, -0.05) is 18.9 Å². The SMILES string of the molecule is Nc1cccc(CSCC2CCCC2)n1. The molecule has 2 N–H and O–H groups in total. The van der Waals surface area contributed by atoms with Gasteiger partial charge in [0, 0.05) is 5.75 Å². The third-order valence-corrected chi connectivity index (χ3v) is 4.11. The number of hydrogen-bond acceptors (Lipinski definition) is 3. The summed E-state index contributed by atoms with van der Waals surface area (Å²) in [6, 6.07) is 5.87. The highest BCUT2D eigenvalue weighted by Crippen LogP contribution is 2.28. The van der Waals surface area contributed by atoms with E-state index in [1.54, 1.807) is 0 Å². The van der Waals surface area contributed by atoms with Gasteiger partial charge in [-0.3, -0.25) is 0 Å². The van der Waals surface area contributed by atoms with Crippen molar-refractivity contribution in [3.05, 3.63) is 23.9 Å². The van der Waals surface area contributed by atoms with Crippen LogP contribution in [0.5, 0.6) is 0 Å². The van der Waals surface area contributed by atoms with Crippen molar-refractivity contribution >= 4 is 17.6 Å². The van der Waals surface area contributed by atoms with Crippen LogP contribution in [0.3, 0.4) is 0 Å². The maximum Gasteiger partial charge on any atom is 0.123 e. The van der Waals surface area contributed by atoms with E-state index in [1.807, 2.05) is 23.9 Å². The Morgan fingerprint density at radius 2 is 2.13 bits per heavy atom. The summed E-state index contributed by atoms with van der Waals surface area (Å²) in [5.74, 6) is 3.88. The Hall–Kier alpha value is -0.700. The lowest BCUT2D eigenvalue weighted by Gasteiger charge is -2.07. The Bertz CT molecular complexity index is 308. The van der Waals surface area contributed by atoms with Crippen molar-refractivity contribution in [2.24, 2.45) is 5.92 Å². The van der Waals surface area contributed by atoms with Gasteiger partial charge in [0.2, 0.25) is 0 Å². The number of pyridine rings is 1. The topological polar surface area (TPSA) is 38.9 Å². The van der Waals surface area contributed by atoms with Gasteiger partial charge in [0.25, 0.3) is 0 Å². The van der Waals surface area contributed by atoms with Gasteiger partial charge in [0.05, 0.1) is 5.69 Å². The Kier molecular flexibility index (Phi) is 3.89. The van der Waals surface area contributed by atoms with Crippen molar-refractivity contribution in [1.82, 2.24) is 4.98 Å². The molecule has 0 bridgehead atoms. The molecule has 0 amide bonds. The summed E-state index contributed by atoms with van der Waals surface area (Å²) in [5, 5.41) is 0. The fourth-order valence-electron chi connectivity index (χ4n) is 2.09. The van der Waals surface area contributed by atoms with E-state index in [0.717, 1.165) is 17.4 Å². The van der Waals surface area contributed by atoms with Gasteiger partial charge in [-0.25, -0.2) is 4.98 Å². The molecular formula is C12H18N2S. The number of hydrogen-bond donors (Lipinski definition) is 1. The Balaban J connectivity index is 1.73. The normalized spacial score (nSPS) is 17.1. The van der Waals surface area contributed by atoms with Crippen molar-refractivity contribution < 1.29 is 0 Å². The van der Waals surface area contributed by atoms with Crippen molar-refractivity contribution in [3.63, 3.8) is 0 Å². The highest BCUT2D eigenvalue weighted by Gasteiger charge is 2.14. The minimum atomic E-state index is 0.633. The third-order valence-electron chi connectivity index (χ3n) is 2.91. The summed E-state index contributed by atoms with van der Waals surface area (Å²) in [6.07, 6.45) is 5.72. The zero-order valence-corrected chi connectivity index (χ0v) is 9.80. The molecule has 2 nitrogen and oxygen atoms in total. The second kappa shape index (κ2) is 5.40. The van der Waals surface area contributed by atoms with Crippen molar-refractivity contribution in [3.8, 4) is 0 Å². The molecule has 1 heterocycles. The standard InChI is InChI=1S/C12H18N2S/c13-12-7-3-6-11(14-12)9-15-8-10-4-1-2-5-10/h3,6-7,10H,1-2,4-5,8-9H2,(H2,13,14). The lowest BCUT2D eigenvalue weighted by atomic mass is 10.1. The van der Waals surface area contributed by atoms with E-state index in [-0.39, 0.29) is 0 Å². The highest BCUT2D eigenvalue weighted by atomic mass is 32.2. The highest BCUT2D eigenvalue weighted by molar-refractivity contribution is 7.98. The van der Waals surface area contributed by atoms with Crippen LogP contribution in [0, 0.1) is 5.92 Å². The van der Waals surface area contributed by atoms with Crippen molar-refractivity contribution in [2.45, 2.75) is 31.4 Å². The lowest BCUT2D eigenvalue weighted by Crippen LogP contribution is -1.98. The molecule has 2 rings (SSSR count). The molecule has 0 aromatic carbocycles. The van der Waals surface area contributed by atoms with E-state index in [4.69, 9.17) is 5.73 Å². The Morgan fingerprint density at radius 3 is 2.87 bits per heavy atom. The molecule has 1 aromatic rings. The van der Waals surface area contributed by atoms with Gasteiger partial charge >= 0.3 is 0 Å². The van der Waals surface area contributed by atoms with E-state index in [1.165, 1.54) is 31.4 Å². The predicted octanol–water partition coefficient (Wildman–Crippen LogP) is 3.09. The summed E-state index contributed by atoms with van der Waals surface area (Å²) < 4.78 is 0. The fraction of sp³-hybridized carbons (Fsp3) is 0.583. The maximum atomic E-state index is 5.63. The van der Waals surface area contributed by atoms with Gasteiger partial charge in [-0.15, -0.1) is 0 Å². The first-order valence-corrected chi connectivity index (χ1v) is 6.79. The van der Waals surface area contributed by atoms with Crippen molar-refractivity contribution in [2.75, 3.05) is 11.5 Å². The van der Waals surface area contributed by atoms with Gasteiger partial charge < -0.3 is 5.73 Å². The summed E-state index contributed by atoms with van der Waals surface area (Å²) >= 11 is 1.99. The summed E-state index contributed by atoms with van der Waals surface area (Å²) in [4.78, 5) is 4.29. The number of rotatable bonds is 4. The molecule has 0 aliphatic heterocycles. The molecule has 1 fully saturated rings. The van der Waals surface area contributed by atoms with Crippen LogP contribution >= 0.6 is 11.8 Å².